The van der Waals surface area contributed by atoms with E-state index in [0.29, 0.717) is 35.1 Å². The van der Waals surface area contributed by atoms with Gasteiger partial charge in [0.15, 0.2) is 0 Å². The molecule has 67 heavy (non-hydrogen) atoms. The molecule has 0 spiro atoms. The molecule has 0 atom stereocenters. The third kappa shape index (κ3) is 14.4. The second kappa shape index (κ2) is 25.6. The Bertz CT molecular complexity index is 3140. The summed E-state index contributed by atoms with van der Waals surface area (Å²) in [6.45, 7) is 10.4. The molecule has 18 heteroatoms. The summed E-state index contributed by atoms with van der Waals surface area (Å²) in [7, 11) is 0. The van der Waals surface area contributed by atoms with E-state index in [-0.39, 0.29) is 120 Å². The molecule has 6 aromatic rings. The van der Waals surface area contributed by atoms with Gasteiger partial charge in [-0.3, -0.25) is 38.3 Å². The van der Waals surface area contributed by atoms with Crippen molar-refractivity contribution in [3.05, 3.63) is 200 Å². The van der Waals surface area contributed by atoms with E-state index in [4.69, 9.17) is 10.5 Å². The molecule has 0 aliphatic rings. The van der Waals surface area contributed by atoms with Crippen molar-refractivity contribution in [2.45, 2.75) is 86.7 Å². The smallest absolute Gasteiger partial charge is 1.00 e. The summed E-state index contributed by atoms with van der Waals surface area (Å²) < 4.78 is 29.5. The molecule has 2 N–H and O–H groups in total. The van der Waals surface area contributed by atoms with Crippen LogP contribution in [0.25, 0.3) is 6.08 Å². The van der Waals surface area contributed by atoms with Crippen LogP contribution in [-0.4, -0.2) is 49.0 Å². The molecule has 4 radical (unpaired) electrons. The summed E-state index contributed by atoms with van der Waals surface area (Å²) in [6.07, 6.45) is 6.18. The van der Waals surface area contributed by atoms with Crippen LogP contribution in [0.1, 0.15) is 130 Å². The molecule has 0 fully saturated rings. The average molecular weight is 933 g/mol. The first-order chi connectivity index (χ1) is 30.4. The van der Waals surface area contributed by atoms with E-state index >= 15 is 0 Å². The van der Waals surface area contributed by atoms with Crippen LogP contribution in [0.3, 0.4) is 0 Å². The second-order valence-corrected chi connectivity index (χ2v) is 15.6. The number of nitriles is 2. The van der Waals surface area contributed by atoms with Crippen LogP contribution in [0.4, 0.5) is 8.78 Å². The first-order valence-corrected chi connectivity index (χ1v) is 20.1. The number of benzene rings is 2. The third-order valence-corrected chi connectivity index (χ3v) is 9.96. The number of halogens is 2. The minimum atomic E-state index is -0.766. The molecule has 2 aromatic carbocycles. The van der Waals surface area contributed by atoms with Gasteiger partial charge in [-0.15, -0.1) is 0 Å². The van der Waals surface area contributed by atoms with Crippen molar-refractivity contribution < 1.29 is 69.8 Å². The number of rotatable bonds is 13. The van der Waals surface area contributed by atoms with Crippen molar-refractivity contribution >= 4 is 26.1 Å². The molecule has 0 unspecified atom stereocenters. The number of carbonyl (C=O) groups is 2. The van der Waals surface area contributed by atoms with Crippen molar-refractivity contribution in [2.24, 2.45) is 0 Å². The van der Waals surface area contributed by atoms with Crippen LogP contribution in [-0.2, 0) is 19.5 Å². The Morgan fingerprint density at radius 2 is 1.15 bits per heavy atom. The monoisotopic (exact) mass is 932 g/mol. The van der Waals surface area contributed by atoms with Crippen molar-refractivity contribution in [3.8, 4) is 12.1 Å². The minimum Gasteiger partial charge on any atom is -1.00 e. The Kier molecular flexibility index (Phi) is 21.7. The number of carbonyl (C=O) groups excluding carboxylic acids is 2. The number of aromatic nitrogens is 6. The Hall–Kier alpha value is -6.28. The van der Waals surface area contributed by atoms with Gasteiger partial charge in [-0.1, -0.05) is 52.8 Å². The first-order valence-electron chi connectivity index (χ1n) is 20.1. The van der Waals surface area contributed by atoms with Crippen LogP contribution in [0.5, 0.6) is 0 Å². The van der Waals surface area contributed by atoms with E-state index in [0.717, 1.165) is 27.3 Å². The van der Waals surface area contributed by atoms with Crippen LogP contribution in [0.2, 0.25) is 0 Å². The number of pyridine rings is 2. The van der Waals surface area contributed by atoms with Gasteiger partial charge in [0.25, 0.3) is 11.1 Å². The number of hydrogen-bond donors (Lipinski definition) is 2. The molecule has 0 bridgehead atoms. The fourth-order valence-electron chi connectivity index (χ4n) is 7.27. The number of nitrogens with one attached hydrogen (secondary N) is 2. The predicted octanol–water partition coefficient (Wildman–Crippen LogP) is 3.82. The summed E-state index contributed by atoms with van der Waals surface area (Å²) in [5, 5.41) is 17.7. The number of H-pyrrole nitrogens is 2. The molecule has 0 aliphatic heterocycles. The maximum Gasteiger partial charge on any atom is 1.00 e. The molecular formula is C49H48BF2KN8O6. The van der Waals surface area contributed by atoms with E-state index in [9.17, 15) is 37.5 Å². The number of aryl methyl sites for hydroxylation is 3. The Morgan fingerprint density at radius 3 is 1.57 bits per heavy atom. The molecule has 0 saturated carbocycles. The van der Waals surface area contributed by atoms with E-state index in [1.807, 2.05) is 19.1 Å². The predicted molar refractivity (Wildman–Crippen MR) is 248 cm³/mol. The zero-order valence-electron chi connectivity index (χ0n) is 37.5. The maximum absolute atomic E-state index is 13.7. The van der Waals surface area contributed by atoms with Crippen LogP contribution in [0, 0.1) is 48.4 Å². The van der Waals surface area contributed by atoms with Gasteiger partial charge in [0.05, 0.1) is 25.2 Å². The zero-order chi connectivity index (χ0) is 46.8. The van der Waals surface area contributed by atoms with E-state index in [2.05, 4.69) is 26.0 Å². The number of ketones is 2. The van der Waals surface area contributed by atoms with Crippen LogP contribution < -0.4 is 73.9 Å². The van der Waals surface area contributed by atoms with Gasteiger partial charge in [0, 0.05) is 47.1 Å². The molecule has 6 rings (SSSR count). The van der Waals surface area contributed by atoms with Crippen molar-refractivity contribution in [1.82, 2.24) is 29.1 Å². The Labute approximate surface area is 430 Å². The molecule has 14 nitrogen and oxygen atoms in total. The molecular weight excluding hydrogens is 884 g/mol. The zero-order valence-corrected chi connectivity index (χ0v) is 40.7. The summed E-state index contributed by atoms with van der Waals surface area (Å²) in [5.41, 5.74) is 1.97. The maximum atomic E-state index is 13.7. The second-order valence-electron chi connectivity index (χ2n) is 15.6. The van der Waals surface area contributed by atoms with E-state index in [1.54, 1.807) is 71.0 Å². The largest absolute Gasteiger partial charge is 1.00 e. The number of aromatic amines is 2. The van der Waals surface area contributed by atoms with E-state index in [1.165, 1.54) is 41.2 Å². The minimum absolute atomic E-state index is 0. The average Bonchev–Trinajstić information content (AvgIpc) is 3.22. The number of nitrogens with zero attached hydrogens (tertiary/aromatic N) is 6. The summed E-state index contributed by atoms with van der Waals surface area (Å²) in [6, 6.07) is 19.7. The SMILES string of the molecule is C.Cc1cc(/C=C/C#N)cc(C(=O)c2c(C(C)C)c(=O)[nH]c(=O)n2Cc2ccnc(F)c2)c1.Cc1cc(CCC#N)cc(C(=O)c2c(C(C)C)c(=O)[nH]c(=O)n2Cc2ccnc(F)c2)c1.[B-].[K+]. The van der Waals surface area contributed by atoms with Gasteiger partial charge in [-0.2, -0.15) is 19.3 Å². The van der Waals surface area contributed by atoms with Crippen molar-refractivity contribution in [3.63, 3.8) is 0 Å². The molecule has 0 saturated heterocycles. The number of allylic oxidation sites excluding steroid dienone is 1. The van der Waals surface area contributed by atoms with Crippen LogP contribution >= 0.6 is 0 Å². The fraction of sp³-hybridized carbons (Fsp3) is 0.265. The van der Waals surface area contributed by atoms with Gasteiger partial charge in [-0.25, -0.2) is 19.6 Å². The standard InChI is InChI=1S/C24H23FN4O3.C24H21FN4O3.CH4.B.K/c2*1-14(2)20-21(22(30)18-10-15(3)9-16(11-18)5-4-7-26)29(24(32)28-23(20)31)13-17-6-8-27-19(25)12-17;;;/h6,8-12,14H,4-5,13H2,1-3H3,(H,28,31,32);4-6,8-12,14H,13H2,1-3H3,(H,28,31,32);1H4;;/q;;;-1;+1/b;5-4+;;;. The molecule has 0 amide bonds. The first kappa shape index (κ1) is 56.8. The third-order valence-electron chi connectivity index (χ3n) is 9.96. The molecule has 338 valence electrons. The van der Waals surface area contributed by atoms with Crippen molar-refractivity contribution in [2.75, 3.05) is 0 Å². The van der Waals surface area contributed by atoms with Gasteiger partial charge >= 0.3 is 62.8 Å². The fourth-order valence-corrected chi connectivity index (χ4v) is 7.27. The topological polar surface area (TPSA) is 217 Å². The Balaban J connectivity index is 0.000000440. The van der Waals surface area contributed by atoms with Gasteiger partial charge in [0.2, 0.25) is 23.5 Å². The Morgan fingerprint density at radius 1 is 0.701 bits per heavy atom. The quantitative estimate of drug-likeness (QED) is 0.0739. The van der Waals surface area contributed by atoms with Crippen LogP contribution in [0.15, 0.2) is 98.3 Å². The normalized spacial score (nSPS) is 10.5. The van der Waals surface area contributed by atoms with E-state index < -0.39 is 46.0 Å². The van der Waals surface area contributed by atoms with Crippen molar-refractivity contribution in [1.29, 1.82) is 10.5 Å². The molecule has 0 aliphatic carbocycles. The molecule has 4 aromatic heterocycles. The number of hydrogen-bond acceptors (Lipinski definition) is 10. The van der Waals surface area contributed by atoms with Gasteiger partial charge in [0.1, 0.15) is 11.4 Å². The summed E-state index contributed by atoms with van der Waals surface area (Å²) in [4.78, 5) is 89.6. The molecule has 4 heterocycles. The summed E-state index contributed by atoms with van der Waals surface area (Å²) >= 11 is 0. The van der Waals surface area contributed by atoms with Gasteiger partial charge < -0.3 is 8.41 Å². The van der Waals surface area contributed by atoms with Gasteiger partial charge in [-0.05, 0) is 115 Å². The summed E-state index contributed by atoms with van der Waals surface area (Å²) in [5.74, 6) is -3.12.